The smallest absolute Gasteiger partial charge is 0.343 e. The molecule has 206 valence electrons. The maximum absolute atomic E-state index is 12.7. The molecule has 1 atom stereocenters. The van der Waals surface area contributed by atoms with Crippen LogP contribution in [0, 0.1) is 6.92 Å². The number of benzene rings is 3. The maximum Gasteiger partial charge on any atom is 0.343 e. The highest BCUT2D eigenvalue weighted by Crippen LogP contribution is 2.37. The molecular formula is C30H33Cl2N3O4. The largest absolute Gasteiger partial charge is 0.490 e. The fourth-order valence-corrected chi connectivity index (χ4v) is 4.69. The Bertz CT molecular complexity index is 1350. The highest BCUT2D eigenvalue weighted by atomic mass is 35.5. The van der Waals surface area contributed by atoms with Crippen molar-refractivity contribution in [2.24, 2.45) is 0 Å². The Morgan fingerprint density at radius 1 is 0.923 bits per heavy atom. The minimum Gasteiger partial charge on any atom is -0.490 e. The average Bonchev–Trinajstić information content (AvgIpc) is 2.94. The third-order valence-corrected chi connectivity index (χ3v) is 6.59. The van der Waals surface area contributed by atoms with E-state index in [-0.39, 0.29) is 31.4 Å². The second-order valence-electron chi connectivity index (χ2n) is 9.26. The lowest BCUT2D eigenvalue weighted by atomic mass is 10.0. The van der Waals surface area contributed by atoms with E-state index in [1.807, 2.05) is 79.9 Å². The van der Waals surface area contributed by atoms with Crippen LogP contribution in [-0.4, -0.2) is 66.4 Å². The molecule has 0 bridgehead atoms. The number of ether oxygens (including phenoxy) is 2. The summed E-state index contributed by atoms with van der Waals surface area (Å²) in [7, 11) is 0. The van der Waals surface area contributed by atoms with E-state index in [0.29, 0.717) is 23.6 Å². The summed E-state index contributed by atoms with van der Waals surface area (Å²) in [5.41, 5.74) is 1.33. The molecule has 3 aromatic carbocycles. The standard InChI is InChI=1S/C30H31N3O4.2ClH/c1-22-19-27(37-30(35)23-9-3-2-4-10-23)25-11-5-6-12-26(25)29(22)36-21-24(34)20-32-15-17-33(18-16-32)28-13-7-8-14-31-28;;/h2-14,19,24,34H,15-18,20-21H2,1H3;2*1H. The third kappa shape index (κ3) is 7.40. The van der Waals surface area contributed by atoms with Gasteiger partial charge in [0.1, 0.15) is 30.0 Å². The summed E-state index contributed by atoms with van der Waals surface area (Å²) in [5, 5.41) is 12.4. The monoisotopic (exact) mass is 569 g/mol. The second-order valence-corrected chi connectivity index (χ2v) is 9.26. The molecule has 5 rings (SSSR count). The Balaban J connectivity index is 0.00000210. The van der Waals surface area contributed by atoms with Crippen LogP contribution in [0.2, 0.25) is 0 Å². The number of aliphatic hydroxyl groups is 1. The molecule has 1 fully saturated rings. The fourth-order valence-electron chi connectivity index (χ4n) is 4.69. The van der Waals surface area contributed by atoms with Gasteiger partial charge in [0.2, 0.25) is 0 Å². The fraction of sp³-hybridized carbons (Fsp3) is 0.267. The van der Waals surface area contributed by atoms with E-state index in [9.17, 15) is 9.90 Å². The number of hydrogen-bond acceptors (Lipinski definition) is 7. The van der Waals surface area contributed by atoms with Crippen LogP contribution in [0.15, 0.2) is 85.1 Å². The number of fused-ring (bicyclic) bond motifs is 1. The number of aliphatic hydroxyl groups excluding tert-OH is 1. The highest BCUT2D eigenvalue weighted by molar-refractivity contribution is 5.98. The molecular weight excluding hydrogens is 537 g/mol. The number of aryl methyl sites for hydroxylation is 1. The predicted octanol–water partition coefficient (Wildman–Crippen LogP) is 5.17. The number of carbonyl (C=O) groups excluding carboxylic acids is 1. The lowest BCUT2D eigenvalue weighted by molar-refractivity contribution is 0.0665. The molecule has 7 nitrogen and oxygen atoms in total. The lowest BCUT2D eigenvalue weighted by Crippen LogP contribution is -2.49. The van der Waals surface area contributed by atoms with Gasteiger partial charge in [0, 0.05) is 49.7 Å². The van der Waals surface area contributed by atoms with Crippen molar-refractivity contribution in [3.8, 4) is 11.5 Å². The summed E-state index contributed by atoms with van der Waals surface area (Å²) in [6.07, 6.45) is 1.18. The van der Waals surface area contributed by atoms with Gasteiger partial charge in [-0.05, 0) is 42.8 Å². The molecule has 1 N–H and O–H groups in total. The number of esters is 1. The minimum atomic E-state index is -0.629. The van der Waals surface area contributed by atoms with E-state index in [1.54, 1.807) is 12.1 Å². The Morgan fingerprint density at radius 2 is 1.59 bits per heavy atom. The number of hydrogen-bond donors (Lipinski definition) is 1. The lowest BCUT2D eigenvalue weighted by Gasteiger charge is -2.36. The molecule has 0 saturated carbocycles. The molecule has 0 aliphatic carbocycles. The Morgan fingerprint density at radius 3 is 2.28 bits per heavy atom. The predicted molar refractivity (Wildman–Crippen MR) is 159 cm³/mol. The van der Waals surface area contributed by atoms with Crippen LogP contribution in [0.4, 0.5) is 5.82 Å². The number of β-amino-alcohol motifs (C(OH)–C–C–N with tert-alkyl or cyclic N) is 1. The topological polar surface area (TPSA) is 75.1 Å². The first-order valence-electron chi connectivity index (χ1n) is 12.6. The molecule has 1 aromatic heterocycles. The molecule has 1 unspecified atom stereocenters. The van der Waals surface area contributed by atoms with E-state index in [1.165, 1.54) is 0 Å². The first-order chi connectivity index (χ1) is 18.1. The second kappa shape index (κ2) is 14.1. The first-order valence-corrected chi connectivity index (χ1v) is 12.6. The van der Waals surface area contributed by atoms with Crippen LogP contribution in [0.1, 0.15) is 15.9 Å². The van der Waals surface area contributed by atoms with Gasteiger partial charge >= 0.3 is 5.97 Å². The van der Waals surface area contributed by atoms with Crippen molar-refractivity contribution < 1.29 is 19.4 Å². The molecule has 1 aliphatic rings. The molecule has 1 aliphatic heterocycles. The van der Waals surface area contributed by atoms with Crippen LogP contribution in [0.3, 0.4) is 0 Å². The normalized spacial score (nSPS) is 14.2. The van der Waals surface area contributed by atoms with Crippen molar-refractivity contribution in [3.05, 3.63) is 96.2 Å². The van der Waals surface area contributed by atoms with Crippen molar-refractivity contribution in [3.63, 3.8) is 0 Å². The third-order valence-electron chi connectivity index (χ3n) is 6.59. The summed E-state index contributed by atoms with van der Waals surface area (Å²) in [6.45, 7) is 6.10. The number of rotatable bonds is 8. The quantitative estimate of drug-likeness (QED) is 0.232. The van der Waals surface area contributed by atoms with Gasteiger partial charge in [-0.25, -0.2) is 9.78 Å². The number of nitrogens with zero attached hydrogens (tertiary/aromatic N) is 3. The van der Waals surface area contributed by atoms with Crippen molar-refractivity contribution in [2.75, 3.05) is 44.2 Å². The molecule has 1 saturated heterocycles. The van der Waals surface area contributed by atoms with E-state index < -0.39 is 12.1 Å². The van der Waals surface area contributed by atoms with Gasteiger partial charge in [-0.2, -0.15) is 0 Å². The summed E-state index contributed by atoms with van der Waals surface area (Å²) in [5.74, 6) is 1.76. The Hall–Kier alpha value is -3.36. The van der Waals surface area contributed by atoms with E-state index >= 15 is 0 Å². The summed E-state index contributed by atoms with van der Waals surface area (Å²) >= 11 is 0. The van der Waals surface area contributed by atoms with E-state index in [0.717, 1.165) is 48.3 Å². The van der Waals surface area contributed by atoms with Gasteiger partial charge in [-0.1, -0.05) is 48.5 Å². The van der Waals surface area contributed by atoms with Crippen molar-refractivity contribution in [1.29, 1.82) is 0 Å². The number of anilines is 1. The summed E-state index contributed by atoms with van der Waals surface area (Å²) in [6, 6.07) is 24.4. The number of halogens is 2. The highest BCUT2D eigenvalue weighted by Gasteiger charge is 2.21. The molecule has 0 spiro atoms. The average molecular weight is 571 g/mol. The molecule has 39 heavy (non-hydrogen) atoms. The van der Waals surface area contributed by atoms with Gasteiger partial charge in [0.25, 0.3) is 0 Å². The maximum atomic E-state index is 12.7. The van der Waals surface area contributed by atoms with Gasteiger partial charge in [-0.15, -0.1) is 24.8 Å². The SMILES string of the molecule is Cc1cc(OC(=O)c2ccccc2)c2ccccc2c1OCC(O)CN1CCN(c2ccccn2)CC1.Cl.Cl. The van der Waals surface area contributed by atoms with Crippen molar-refractivity contribution >= 4 is 47.4 Å². The number of piperazine rings is 1. The zero-order chi connectivity index (χ0) is 25.6. The van der Waals surface area contributed by atoms with Crippen LogP contribution >= 0.6 is 24.8 Å². The van der Waals surface area contributed by atoms with E-state index in [2.05, 4.69) is 14.8 Å². The number of pyridine rings is 1. The summed E-state index contributed by atoms with van der Waals surface area (Å²) < 4.78 is 11.9. The van der Waals surface area contributed by atoms with E-state index in [4.69, 9.17) is 9.47 Å². The van der Waals surface area contributed by atoms with Gasteiger partial charge in [-0.3, -0.25) is 4.90 Å². The Labute approximate surface area is 241 Å². The summed E-state index contributed by atoms with van der Waals surface area (Å²) in [4.78, 5) is 21.6. The van der Waals surface area contributed by atoms with Crippen LogP contribution in [-0.2, 0) is 0 Å². The first kappa shape index (κ1) is 30.2. The van der Waals surface area contributed by atoms with Crippen LogP contribution in [0.25, 0.3) is 10.8 Å². The molecule has 2 heterocycles. The van der Waals surface area contributed by atoms with Crippen LogP contribution < -0.4 is 14.4 Å². The molecule has 9 heteroatoms. The van der Waals surface area contributed by atoms with Gasteiger partial charge in [0.05, 0.1) is 5.56 Å². The number of carbonyl (C=O) groups is 1. The molecule has 0 radical (unpaired) electrons. The zero-order valence-corrected chi connectivity index (χ0v) is 23.4. The Kier molecular flexibility index (Phi) is 10.9. The van der Waals surface area contributed by atoms with Crippen molar-refractivity contribution in [1.82, 2.24) is 9.88 Å². The minimum absolute atomic E-state index is 0. The molecule has 0 amide bonds. The van der Waals surface area contributed by atoms with Crippen LogP contribution in [0.5, 0.6) is 11.5 Å². The van der Waals surface area contributed by atoms with Gasteiger partial charge < -0.3 is 19.5 Å². The zero-order valence-electron chi connectivity index (χ0n) is 21.7. The number of aromatic nitrogens is 1. The molecule has 4 aromatic rings. The van der Waals surface area contributed by atoms with Gasteiger partial charge in [0.15, 0.2) is 0 Å². The van der Waals surface area contributed by atoms with Crippen molar-refractivity contribution in [2.45, 2.75) is 13.0 Å².